The Morgan fingerprint density at radius 1 is 0.391 bits per heavy atom. The topological polar surface area (TPSA) is 21.7 Å². The largest absolute Gasteiger partial charge is 0.374 e. The molecule has 10 rings (SSSR count). The lowest BCUT2D eigenvalue weighted by Crippen LogP contribution is -2.61. The van der Waals surface area contributed by atoms with Crippen molar-refractivity contribution in [3.63, 3.8) is 0 Å². The number of hydrogen-bond donors (Lipinski definition) is 0. The SMILES string of the molecule is C1CCC(C2CCC(N(C3CCCC4C5CCC6OC7CCCCC7C6C5OC43)C3CCCC4SC5CCCCC5C43)CC2)CC1. The van der Waals surface area contributed by atoms with Crippen molar-refractivity contribution in [2.45, 2.75) is 214 Å². The summed E-state index contributed by atoms with van der Waals surface area (Å²) in [6.07, 6.45) is 39.0. The van der Waals surface area contributed by atoms with Gasteiger partial charge in [-0.2, -0.15) is 11.8 Å². The molecule has 258 valence electrons. The molecule has 14 unspecified atom stereocenters. The van der Waals surface area contributed by atoms with Crippen molar-refractivity contribution in [1.82, 2.24) is 4.90 Å². The molecule has 0 aromatic carbocycles. The molecule has 0 aromatic heterocycles. The van der Waals surface area contributed by atoms with E-state index >= 15 is 0 Å². The molecule has 0 amide bonds. The molecule has 0 aromatic rings. The van der Waals surface area contributed by atoms with Crippen LogP contribution >= 0.6 is 11.8 Å². The lowest BCUT2D eigenvalue weighted by molar-refractivity contribution is -0.111. The number of hydrogen-bond acceptors (Lipinski definition) is 4. The van der Waals surface area contributed by atoms with Gasteiger partial charge in [-0.3, -0.25) is 4.90 Å². The van der Waals surface area contributed by atoms with Crippen LogP contribution in [0.1, 0.15) is 161 Å². The van der Waals surface area contributed by atoms with Gasteiger partial charge in [0, 0.05) is 34.5 Å². The fourth-order valence-electron chi connectivity index (χ4n) is 15.3. The molecular weight excluding hydrogens is 583 g/mol. The van der Waals surface area contributed by atoms with E-state index in [-0.39, 0.29) is 0 Å². The van der Waals surface area contributed by atoms with Gasteiger partial charge >= 0.3 is 0 Å². The average molecular weight is 650 g/mol. The highest BCUT2D eigenvalue weighted by molar-refractivity contribution is 8.00. The Morgan fingerprint density at radius 2 is 1.07 bits per heavy atom. The van der Waals surface area contributed by atoms with Crippen LogP contribution in [0.4, 0.5) is 0 Å². The van der Waals surface area contributed by atoms with Gasteiger partial charge in [0.2, 0.25) is 0 Å². The van der Waals surface area contributed by atoms with Crippen molar-refractivity contribution in [2.75, 3.05) is 0 Å². The first-order chi connectivity index (χ1) is 22.8. The molecule has 0 radical (unpaired) electrons. The normalized spacial score (nSPS) is 53.9. The molecule has 0 N–H and O–H groups in total. The third-order valence-corrected chi connectivity index (χ3v) is 18.9. The first-order valence-electron chi connectivity index (χ1n) is 21.6. The maximum atomic E-state index is 7.71. The molecule has 0 bridgehead atoms. The molecule has 3 heterocycles. The Morgan fingerprint density at radius 3 is 1.96 bits per heavy atom. The van der Waals surface area contributed by atoms with E-state index in [4.69, 9.17) is 9.47 Å². The van der Waals surface area contributed by atoms with Crippen LogP contribution in [0.25, 0.3) is 0 Å². The first-order valence-corrected chi connectivity index (χ1v) is 22.5. The molecule has 14 atom stereocenters. The summed E-state index contributed by atoms with van der Waals surface area (Å²) in [5, 5.41) is 1.94. The van der Waals surface area contributed by atoms with E-state index in [0.29, 0.717) is 36.4 Å². The minimum absolute atomic E-state index is 0.509. The standard InChI is InChI=1S/C42H67NO2S/c1-2-10-26(11-3-1)27-20-22-28(23-21-27)43(33-15-9-19-38-39(33)32-13-5-7-18-37(32)46-38)34-16-8-14-29-30-24-25-36-40(42(30)45-41(29)34)31-12-4-6-17-35(31)44-36/h26-42H,1-25H2. The van der Waals surface area contributed by atoms with Crippen molar-refractivity contribution in [3.05, 3.63) is 0 Å². The van der Waals surface area contributed by atoms with Crippen LogP contribution in [0, 0.1) is 47.3 Å². The maximum Gasteiger partial charge on any atom is 0.0766 e. The Hall–Kier alpha value is 0.230. The maximum absolute atomic E-state index is 7.71. The van der Waals surface area contributed by atoms with E-state index in [2.05, 4.69) is 16.7 Å². The molecule has 3 saturated heterocycles. The van der Waals surface area contributed by atoms with Gasteiger partial charge in [0.15, 0.2) is 0 Å². The van der Waals surface area contributed by atoms with Gasteiger partial charge in [-0.15, -0.1) is 0 Å². The lowest BCUT2D eigenvalue weighted by Gasteiger charge is -2.54. The fourth-order valence-corrected chi connectivity index (χ4v) is 17.4. The summed E-state index contributed by atoms with van der Waals surface area (Å²) < 4.78 is 14.6. The molecule has 7 saturated carbocycles. The predicted molar refractivity (Wildman–Crippen MR) is 189 cm³/mol. The minimum Gasteiger partial charge on any atom is -0.374 e. The van der Waals surface area contributed by atoms with Crippen molar-refractivity contribution in [3.8, 4) is 0 Å². The number of ether oxygens (including phenoxy) is 2. The molecule has 10 aliphatic rings. The summed E-state index contributed by atoms with van der Waals surface area (Å²) in [7, 11) is 0. The van der Waals surface area contributed by atoms with Gasteiger partial charge in [0.25, 0.3) is 0 Å². The average Bonchev–Trinajstić information content (AvgIpc) is 3.81. The number of rotatable bonds is 4. The Kier molecular flexibility index (Phi) is 8.82. The van der Waals surface area contributed by atoms with E-state index < -0.39 is 0 Å². The van der Waals surface area contributed by atoms with E-state index in [0.717, 1.165) is 64.0 Å². The van der Waals surface area contributed by atoms with Gasteiger partial charge in [-0.1, -0.05) is 70.6 Å². The van der Waals surface area contributed by atoms with E-state index in [1.165, 1.54) is 141 Å². The summed E-state index contributed by atoms with van der Waals surface area (Å²) in [6, 6.07) is 2.37. The van der Waals surface area contributed by atoms with Crippen molar-refractivity contribution in [1.29, 1.82) is 0 Å². The summed E-state index contributed by atoms with van der Waals surface area (Å²) in [6.45, 7) is 0. The van der Waals surface area contributed by atoms with Crippen molar-refractivity contribution in [2.24, 2.45) is 47.3 Å². The number of thioether (sulfide) groups is 1. The third-order valence-electron chi connectivity index (χ3n) is 17.0. The van der Waals surface area contributed by atoms with Crippen LogP contribution < -0.4 is 0 Å². The van der Waals surface area contributed by atoms with E-state index in [1.807, 2.05) is 0 Å². The molecule has 10 fully saturated rings. The summed E-state index contributed by atoms with van der Waals surface area (Å²) in [5.41, 5.74) is 0. The van der Waals surface area contributed by atoms with Crippen LogP contribution in [0.5, 0.6) is 0 Å². The second kappa shape index (κ2) is 13.1. The van der Waals surface area contributed by atoms with Gasteiger partial charge in [0.1, 0.15) is 0 Å². The van der Waals surface area contributed by atoms with E-state index in [1.54, 1.807) is 19.3 Å². The van der Waals surface area contributed by atoms with Gasteiger partial charge in [-0.25, -0.2) is 0 Å². The predicted octanol–water partition coefficient (Wildman–Crippen LogP) is 10.2. The highest BCUT2D eigenvalue weighted by Gasteiger charge is 2.62. The monoisotopic (exact) mass is 649 g/mol. The number of nitrogens with zero attached hydrogens (tertiary/aromatic N) is 1. The van der Waals surface area contributed by atoms with Crippen LogP contribution in [0.3, 0.4) is 0 Å². The molecule has 46 heavy (non-hydrogen) atoms. The highest BCUT2D eigenvalue weighted by atomic mass is 32.2. The van der Waals surface area contributed by atoms with Crippen LogP contribution in [-0.2, 0) is 9.47 Å². The summed E-state index contributed by atoms with van der Waals surface area (Å²) >= 11 is 2.50. The quantitative estimate of drug-likeness (QED) is 0.302. The first kappa shape index (κ1) is 31.0. The summed E-state index contributed by atoms with van der Waals surface area (Å²) in [5.74, 6) is 7.24. The zero-order valence-electron chi connectivity index (χ0n) is 29.2. The zero-order valence-corrected chi connectivity index (χ0v) is 30.0. The molecule has 4 heteroatoms. The van der Waals surface area contributed by atoms with Crippen molar-refractivity contribution >= 4 is 11.8 Å². The van der Waals surface area contributed by atoms with Gasteiger partial charge < -0.3 is 9.47 Å². The van der Waals surface area contributed by atoms with Gasteiger partial charge in [0.05, 0.1) is 24.4 Å². The Bertz CT molecular complexity index is 1050. The van der Waals surface area contributed by atoms with Gasteiger partial charge in [-0.05, 0) is 131 Å². The second-order valence-electron chi connectivity index (χ2n) is 18.9. The fraction of sp³-hybridized carbons (Fsp3) is 1.00. The Balaban J connectivity index is 0.950. The summed E-state index contributed by atoms with van der Waals surface area (Å²) in [4.78, 5) is 3.38. The lowest BCUT2D eigenvalue weighted by atomic mass is 9.64. The highest BCUT2D eigenvalue weighted by Crippen LogP contribution is 2.60. The molecule has 0 spiro atoms. The second-order valence-corrected chi connectivity index (χ2v) is 20.3. The van der Waals surface area contributed by atoms with Crippen LogP contribution in [-0.4, -0.2) is 57.9 Å². The zero-order chi connectivity index (χ0) is 30.2. The van der Waals surface area contributed by atoms with Crippen molar-refractivity contribution < 1.29 is 9.47 Å². The molecule has 3 aliphatic heterocycles. The third kappa shape index (κ3) is 5.27. The van der Waals surface area contributed by atoms with Crippen LogP contribution in [0.15, 0.2) is 0 Å². The van der Waals surface area contributed by atoms with Crippen LogP contribution in [0.2, 0.25) is 0 Å². The molecule has 7 aliphatic carbocycles. The minimum atomic E-state index is 0.509. The van der Waals surface area contributed by atoms with E-state index in [9.17, 15) is 0 Å². The smallest absolute Gasteiger partial charge is 0.0766 e. The Labute approximate surface area is 286 Å². The molecular formula is C42H67NO2S. The number of fused-ring (bicyclic) bond motifs is 10. The molecule has 3 nitrogen and oxygen atoms in total.